The van der Waals surface area contributed by atoms with Gasteiger partial charge >= 0.3 is 0 Å². The monoisotopic (exact) mass is 254 g/mol. The van der Waals surface area contributed by atoms with Crippen LogP contribution in [0.15, 0.2) is 6.07 Å². The number of aromatic nitrogens is 2. The summed E-state index contributed by atoms with van der Waals surface area (Å²) in [6, 6.07) is 1.82. The van der Waals surface area contributed by atoms with E-state index in [9.17, 15) is 4.79 Å². The summed E-state index contributed by atoms with van der Waals surface area (Å²) in [7, 11) is 0. The van der Waals surface area contributed by atoms with Gasteiger partial charge in [-0.1, -0.05) is 19.1 Å². The Balaban J connectivity index is 2.67. The number of aryl methyl sites for hydroxylation is 2. The van der Waals surface area contributed by atoms with Crippen LogP contribution in [0.1, 0.15) is 36.5 Å². The molecule has 5 nitrogen and oxygen atoms in total. The van der Waals surface area contributed by atoms with E-state index in [2.05, 4.69) is 10.4 Å². The van der Waals surface area contributed by atoms with E-state index in [0.29, 0.717) is 30.2 Å². The zero-order chi connectivity index (χ0) is 12.8. The predicted octanol–water partition coefficient (Wildman–Crippen LogP) is 0.871. The molecule has 0 spiro atoms. The second kappa shape index (κ2) is 6.34. The Kier molecular flexibility index (Phi) is 5.09. The Morgan fingerprint density at radius 2 is 2.29 bits per heavy atom. The minimum Gasteiger partial charge on any atom is -0.393 e. The van der Waals surface area contributed by atoms with Crippen molar-refractivity contribution in [2.24, 2.45) is 5.73 Å². The van der Waals surface area contributed by atoms with Crippen LogP contribution in [0.4, 0.5) is 0 Å². The predicted molar refractivity (Wildman–Crippen MR) is 71.0 cm³/mol. The highest BCUT2D eigenvalue weighted by Gasteiger charge is 2.13. The summed E-state index contributed by atoms with van der Waals surface area (Å²) in [5, 5.41) is 7.09. The third-order valence-electron chi connectivity index (χ3n) is 2.38. The molecule has 17 heavy (non-hydrogen) atoms. The molecule has 0 aliphatic carbocycles. The molecule has 94 valence electrons. The van der Waals surface area contributed by atoms with E-state index >= 15 is 0 Å². The first kappa shape index (κ1) is 13.6. The SMILES string of the molecule is CCc1cc(C(=O)NCCC(N)=S)n(CC)n1. The van der Waals surface area contributed by atoms with Crippen molar-refractivity contribution >= 4 is 23.1 Å². The molecule has 0 fully saturated rings. The van der Waals surface area contributed by atoms with Gasteiger partial charge in [-0.15, -0.1) is 0 Å². The number of carbonyl (C=O) groups excluding carboxylic acids is 1. The van der Waals surface area contributed by atoms with Crippen LogP contribution in [0, 0.1) is 0 Å². The van der Waals surface area contributed by atoms with Crippen molar-refractivity contribution in [2.75, 3.05) is 6.54 Å². The molecule has 6 heteroatoms. The van der Waals surface area contributed by atoms with E-state index in [1.54, 1.807) is 4.68 Å². The van der Waals surface area contributed by atoms with Gasteiger partial charge in [0.25, 0.3) is 5.91 Å². The highest BCUT2D eigenvalue weighted by atomic mass is 32.1. The molecular formula is C11H18N4OS. The lowest BCUT2D eigenvalue weighted by Gasteiger charge is -2.05. The van der Waals surface area contributed by atoms with Gasteiger partial charge in [-0.05, 0) is 19.4 Å². The van der Waals surface area contributed by atoms with Gasteiger partial charge in [0, 0.05) is 19.5 Å². The van der Waals surface area contributed by atoms with Crippen LogP contribution >= 0.6 is 12.2 Å². The van der Waals surface area contributed by atoms with E-state index in [1.807, 2.05) is 19.9 Å². The Bertz CT molecular complexity index is 414. The molecule has 1 heterocycles. The maximum atomic E-state index is 11.9. The fraction of sp³-hybridized carbons (Fsp3) is 0.545. The zero-order valence-electron chi connectivity index (χ0n) is 10.2. The molecule has 0 bridgehead atoms. The number of thiocarbonyl (C=S) groups is 1. The molecule has 1 rings (SSSR count). The Morgan fingerprint density at radius 1 is 1.59 bits per heavy atom. The number of hydrogen-bond acceptors (Lipinski definition) is 3. The molecule has 0 aromatic carbocycles. The lowest BCUT2D eigenvalue weighted by Crippen LogP contribution is -2.29. The van der Waals surface area contributed by atoms with Gasteiger partial charge in [-0.3, -0.25) is 9.48 Å². The number of rotatable bonds is 6. The van der Waals surface area contributed by atoms with Gasteiger partial charge in [-0.2, -0.15) is 5.10 Å². The zero-order valence-corrected chi connectivity index (χ0v) is 11.0. The van der Waals surface area contributed by atoms with Crippen molar-refractivity contribution in [2.45, 2.75) is 33.2 Å². The van der Waals surface area contributed by atoms with Crippen LogP contribution in [-0.4, -0.2) is 27.2 Å². The molecule has 1 amide bonds. The number of hydrogen-bond donors (Lipinski definition) is 2. The number of nitrogens with two attached hydrogens (primary N) is 1. The molecule has 0 saturated carbocycles. The largest absolute Gasteiger partial charge is 0.393 e. The molecule has 0 aliphatic heterocycles. The quantitative estimate of drug-likeness (QED) is 0.739. The van der Waals surface area contributed by atoms with Crippen molar-refractivity contribution in [3.8, 4) is 0 Å². The number of amides is 1. The van der Waals surface area contributed by atoms with Gasteiger partial charge in [0.1, 0.15) is 5.69 Å². The highest BCUT2D eigenvalue weighted by molar-refractivity contribution is 7.80. The van der Waals surface area contributed by atoms with Gasteiger partial charge in [0.05, 0.1) is 10.7 Å². The van der Waals surface area contributed by atoms with E-state index in [1.165, 1.54) is 0 Å². The summed E-state index contributed by atoms with van der Waals surface area (Å²) in [4.78, 5) is 12.3. The second-order valence-electron chi connectivity index (χ2n) is 3.66. The van der Waals surface area contributed by atoms with Gasteiger partial charge in [0.15, 0.2) is 0 Å². The van der Waals surface area contributed by atoms with Crippen LogP contribution in [0.5, 0.6) is 0 Å². The molecule has 1 aromatic rings. The van der Waals surface area contributed by atoms with Crippen molar-refractivity contribution < 1.29 is 4.79 Å². The van der Waals surface area contributed by atoms with Crippen molar-refractivity contribution in [3.63, 3.8) is 0 Å². The van der Waals surface area contributed by atoms with Gasteiger partial charge < -0.3 is 11.1 Å². The smallest absolute Gasteiger partial charge is 0.269 e. The van der Waals surface area contributed by atoms with Crippen molar-refractivity contribution in [1.29, 1.82) is 0 Å². The van der Waals surface area contributed by atoms with Gasteiger partial charge in [0.2, 0.25) is 0 Å². The lowest BCUT2D eigenvalue weighted by atomic mass is 10.3. The third kappa shape index (κ3) is 3.81. The molecule has 0 saturated heterocycles. The average Bonchev–Trinajstić information content (AvgIpc) is 2.71. The maximum Gasteiger partial charge on any atom is 0.269 e. The minimum absolute atomic E-state index is 0.129. The summed E-state index contributed by atoms with van der Waals surface area (Å²) >= 11 is 4.74. The maximum absolute atomic E-state index is 11.9. The first-order valence-corrected chi connectivity index (χ1v) is 6.12. The summed E-state index contributed by atoms with van der Waals surface area (Å²) in [5.41, 5.74) is 6.87. The second-order valence-corrected chi connectivity index (χ2v) is 4.19. The first-order valence-electron chi connectivity index (χ1n) is 5.71. The molecule has 0 radical (unpaired) electrons. The van der Waals surface area contributed by atoms with Crippen molar-refractivity contribution in [1.82, 2.24) is 15.1 Å². The Morgan fingerprint density at radius 3 is 2.82 bits per heavy atom. The Hall–Kier alpha value is -1.43. The summed E-state index contributed by atoms with van der Waals surface area (Å²) in [6.07, 6.45) is 1.34. The normalized spacial score (nSPS) is 10.2. The van der Waals surface area contributed by atoms with E-state index in [0.717, 1.165) is 12.1 Å². The van der Waals surface area contributed by atoms with Crippen LogP contribution in [0.2, 0.25) is 0 Å². The molecule has 1 aromatic heterocycles. The molecule has 0 unspecified atom stereocenters. The molecule has 3 N–H and O–H groups in total. The topological polar surface area (TPSA) is 72.9 Å². The van der Waals surface area contributed by atoms with E-state index in [4.69, 9.17) is 18.0 Å². The Labute approximate surface area is 106 Å². The van der Waals surface area contributed by atoms with Crippen LogP contribution in [0.25, 0.3) is 0 Å². The third-order valence-corrected chi connectivity index (χ3v) is 2.59. The fourth-order valence-corrected chi connectivity index (χ4v) is 1.56. The van der Waals surface area contributed by atoms with Crippen LogP contribution in [0.3, 0.4) is 0 Å². The summed E-state index contributed by atoms with van der Waals surface area (Å²) in [6.45, 7) is 5.11. The molecule has 0 aliphatic rings. The van der Waals surface area contributed by atoms with Crippen LogP contribution < -0.4 is 11.1 Å². The first-order chi connectivity index (χ1) is 8.08. The minimum atomic E-state index is -0.129. The number of nitrogens with zero attached hydrogens (tertiary/aromatic N) is 2. The summed E-state index contributed by atoms with van der Waals surface area (Å²) < 4.78 is 1.70. The fourth-order valence-electron chi connectivity index (χ4n) is 1.46. The van der Waals surface area contributed by atoms with E-state index < -0.39 is 0 Å². The molecule has 0 atom stereocenters. The molecular weight excluding hydrogens is 236 g/mol. The standard InChI is InChI=1S/C11H18N4OS/c1-3-8-7-9(15(4-2)14-8)11(16)13-6-5-10(12)17/h7H,3-6H2,1-2H3,(H2,12,17)(H,13,16). The summed E-state index contributed by atoms with van der Waals surface area (Å²) in [5.74, 6) is -0.129. The van der Waals surface area contributed by atoms with E-state index in [-0.39, 0.29) is 5.91 Å². The van der Waals surface area contributed by atoms with Gasteiger partial charge in [-0.25, -0.2) is 0 Å². The lowest BCUT2D eigenvalue weighted by molar-refractivity contribution is 0.0944. The number of carbonyl (C=O) groups is 1. The highest BCUT2D eigenvalue weighted by Crippen LogP contribution is 2.05. The van der Waals surface area contributed by atoms with Crippen molar-refractivity contribution in [3.05, 3.63) is 17.5 Å². The average molecular weight is 254 g/mol. The van der Waals surface area contributed by atoms with Crippen LogP contribution in [-0.2, 0) is 13.0 Å². The number of nitrogens with one attached hydrogen (secondary N) is 1.